The van der Waals surface area contributed by atoms with Gasteiger partial charge in [0.25, 0.3) is 0 Å². The van der Waals surface area contributed by atoms with Crippen molar-refractivity contribution >= 4 is 23.1 Å². The van der Waals surface area contributed by atoms with Crippen LogP contribution in [0.4, 0.5) is 15.9 Å². The zero-order valence-corrected chi connectivity index (χ0v) is 12.3. The Morgan fingerprint density at radius 2 is 2.00 bits per heavy atom. The van der Waals surface area contributed by atoms with Crippen molar-refractivity contribution in [2.45, 2.75) is 6.92 Å². The number of nitrogens with one attached hydrogen (secondary N) is 1. The Morgan fingerprint density at radius 3 is 2.77 bits per heavy atom. The first kappa shape index (κ1) is 14.3. The second-order valence-electron chi connectivity index (χ2n) is 4.57. The molecule has 0 aliphatic carbocycles. The molecule has 0 saturated carbocycles. The minimum absolute atomic E-state index is 0.297. The number of benzene rings is 1. The van der Waals surface area contributed by atoms with Gasteiger partial charge in [-0.3, -0.25) is 0 Å². The van der Waals surface area contributed by atoms with Gasteiger partial charge in [-0.1, -0.05) is 11.6 Å². The van der Waals surface area contributed by atoms with Crippen LogP contribution in [0, 0.1) is 12.7 Å². The molecule has 0 aliphatic rings. The third kappa shape index (κ3) is 3.01. The van der Waals surface area contributed by atoms with E-state index >= 15 is 0 Å². The quantitative estimate of drug-likeness (QED) is 0.797. The van der Waals surface area contributed by atoms with Gasteiger partial charge in [-0.05, 0) is 37.3 Å². The highest BCUT2D eigenvalue weighted by atomic mass is 35.5. The summed E-state index contributed by atoms with van der Waals surface area (Å²) in [4.78, 5) is 7.94. The van der Waals surface area contributed by atoms with Crippen LogP contribution in [0.15, 0.2) is 42.9 Å². The number of anilines is 2. The van der Waals surface area contributed by atoms with Gasteiger partial charge in [0.15, 0.2) is 0 Å². The zero-order valence-electron chi connectivity index (χ0n) is 11.6. The maximum absolute atomic E-state index is 13.9. The number of aryl methyl sites for hydroxylation is 1. The molecule has 2 aromatic heterocycles. The molecule has 0 bridgehead atoms. The lowest BCUT2D eigenvalue weighted by atomic mass is 10.1. The molecule has 0 aliphatic heterocycles. The molecule has 0 atom stereocenters. The smallest absolute Gasteiger partial charge is 0.133 e. The van der Waals surface area contributed by atoms with E-state index in [1.807, 2.05) is 0 Å². The lowest BCUT2D eigenvalue weighted by molar-refractivity contribution is 0.630. The first-order chi connectivity index (χ1) is 10.6. The van der Waals surface area contributed by atoms with Crippen LogP contribution in [-0.4, -0.2) is 20.2 Å². The van der Waals surface area contributed by atoms with E-state index < -0.39 is 5.82 Å². The van der Waals surface area contributed by atoms with Crippen molar-refractivity contribution in [2.24, 2.45) is 0 Å². The Kier molecular flexibility index (Phi) is 3.93. The maximum atomic E-state index is 13.9. The van der Waals surface area contributed by atoms with Crippen molar-refractivity contribution in [2.75, 3.05) is 5.32 Å². The average molecular weight is 316 g/mol. The van der Waals surface area contributed by atoms with Gasteiger partial charge in [0.1, 0.15) is 18.0 Å². The minimum Gasteiger partial charge on any atom is -0.339 e. The number of halogens is 2. The van der Waals surface area contributed by atoms with Gasteiger partial charge < -0.3 is 5.32 Å². The van der Waals surface area contributed by atoms with Gasteiger partial charge in [-0.25, -0.2) is 14.4 Å². The SMILES string of the molecule is Cc1nnc(-c2cc(Cl)ccc2F)cc1Nc1ccncn1. The van der Waals surface area contributed by atoms with Crippen LogP contribution in [0.1, 0.15) is 5.69 Å². The molecule has 0 amide bonds. The molecule has 5 nitrogen and oxygen atoms in total. The van der Waals surface area contributed by atoms with Gasteiger partial charge in [-0.15, -0.1) is 0 Å². The number of nitrogens with zero attached hydrogens (tertiary/aromatic N) is 4. The summed E-state index contributed by atoms with van der Waals surface area (Å²) in [5.41, 5.74) is 2.04. The molecule has 110 valence electrons. The molecule has 3 aromatic rings. The molecule has 0 saturated heterocycles. The van der Waals surface area contributed by atoms with E-state index in [-0.39, 0.29) is 0 Å². The second-order valence-corrected chi connectivity index (χ2v) is 5.01. The second kappa shape index (κ2) is 6.03. The summed E-state index contributed by atoms with van der Waals surface area (Å²) in [5, 5.41) is 11.6. The monoisotopic (exact) mass is 315 g/mol. The fraction of sp³-hybridized carbons (Fsp3) is 0.0667. The Hall–Kier alpha value is -2.60. The van der Waals surface area contributed by atoms with Crippen LogP contribution < -0.4 is 5.32 Å². The summed E-state index contributed by atoms with van der Waals surface area (Å²) in [6.45, 7) is 1.80. The van der Waals surface area contributed by atoms with Crippen LogP contribution in [0.5, 0.6) is 0 Å². The number of rotatable bonds is 3. The standard InChI is InChI=1S/C15H11ClFN5/c1-9-13(20-15-4-5-18-8-19-15)7-14(22-21-9)11-6-10(16)2-3-12(11)17/h2-8H,1H3,(H,18,19,20,22). The average Bonchev–Trinajstić information content (AvgIpc) is 2.53. The highest BCUT2D eigenvalue weighted by Crippen LogP contribution is 2.27. The normalized spacial score (nSPS) is 10.5. The van der Waals surface area contributed by atoms with Crippen LogP contribution in [0.3, 0.4) is 0 Å². The van der Waals surface area contributed by atoms with E-state index in [0.29, 0.717) is 33.5 Å². The lowest BCUT2D eigenvalue weighted by Gasteiger charge is -2.10. The predicted octanol–water partition coefficient (Wildman–Crippen LogP) is 3.78. The zero-order chi connectivity index (χ0) is 15.5. The van der Waals surface area contributed by atoms with Gasteiger partial charge in [0.05, 0.1) is 17.1 Å². The fourth-order valence-corrected chi connectivity index (χ4v) is 2.08. The van der Waals surface area contributed by atoms with E-state index in [2.05, 4.69) is 25.5 Å². The van der Waals surface area contributed by atoms with Gasteiger partial charge in [0.2, 0.25) is 0 Å². The minimum atomic E-state index is -0.407. The molecule has 0 spiro atoms. The molecule has 0 fully saturated rings. The van der Waals surface area contributed by atoms with Crippen LogP contribution in [0.25, 0.3) is 11.3 Å². The van der Waals surface area contributed by atoms with E-state index in [4.69, 9.17) is 11.6 Å². The van der Waals surface area contributed by atoms with E-state index in [1.165, 1.54) is 24.5 Å². The third-order valence-electron chi connectivity index (χ3n) is 3.03. The molecule has 3 rings (SSSR count). The van der Waals surface area contributed by atoms with Crippen molar-refractivity contribution in [1.29, 1.82) is 0 Å². The van der Waals surface area contributed by atoms with Crippen molar-refractivity contribution in [3.63, 3.8) is 0 Å². The summed E-state index contributed by atoms with van der Waals surface area (Å²) in [6.07, 6.45) is 3.06. The largest absolute Gasteiger partial charge is 0.339 e. The fourth-order valence-electron chi connectivity index (χ4n) is 1.91. The molecule has 2 heterocycles. The highest BCUT2D eigenvalue weighted by molar-refractivity contribution is 6.30. The van der Waals surface area contributed by atoms with E-state index in [0.717, 1.165) is 0 Å². The summed E-state index contributed by atoms with van der Waals surface area (Å²) >= 11 is 5.92. The van der Waals surface area contributed by atoms with Crippen molar-refractivity contribution in [3.8, 4) is 11.3 Å². The van der Waals surface area contributed by atoms with Gasteiger partial charge in [0, 0.05) is 16.8 Å². The van der Waals surface area contributed by atoms with Crippen molar-refractivity contribution in [1.82, 2.24) is 20.2 Å². The summed E-state index contributed by atoms with van der Waals surface area (Å²) in [7, 11) is 0. The Balaban J connectivity index is 2.01. The van der Waals surface area contributed by atoms with Gasteiger partial charge >= 0.3 is 0 Å². The Morgan fingerprint density at radius 1 is 1.14 bits per heavy atom. The highest BCUT2D eigenvalue weighted by Gasteiger charge is 2.11. The summed E-state index contributed by atoms with van der Waals surface area (Å²) in [6, 6.07) is 7.74. The van der Waals surface area contributed by atoms with Crippen molar-refractivity contribution < 1.29 is 4.39 Å². The first-order valence-electron chi connectivity index (χ1n) is 6.46. The van der Waals surface area contributed by atoms with Crippen molar-refractivity contribution in [3.05, 3.63) is 59.4 Å². The number of hydrogen-bond acceptors (Lipinski definition) is 5. The summed E-state index contributed by atoms with van der Waals surface area (Å²) in [5.74, 6) is 0.208. The van der Waals surface area contributed by atoms with Crippen LogP contribution >= 0.6 is 11.6 Å². The first-order valence-corrected chi connectivity index (χ1v) is 6.84. The molecular weight excluding hydrogens is 305 g/mol. The molecule has 0 radical (unpaired) electrons. The summed E-state index contributed by atoms with van der Waals surface area (Å²) < 4.78 is 13.9. The number of aromatic nitrogens is 4. The third-order valence-corrected chi connectivity index (χ3v) is 3.26. The van der Waals surface area contributed by atoms with Crippen LogP contribution in [-0.2, 0) is 0 Å². The van der Waals surface area contributed by atoms with E-state index in [9.17, 15) is 4.39 Å². The lowest BCUT2D eigenvalue weighted by Crippen LogP contribution is -2.01. The molecule has 0 unspecified atom stereocenters. The van der Waals surface area contributed by atoms with Gasteiger partial charge in [-0.2, -0.15) is 10.2 Å². The molecule has 1 N–H and O–H groups in total. The Bertz CT molecular complexity index is 810. The maximum Gasteiger partial charge on any atom is 0.133 e. The van der Waals surface area contributed by atoms with Crippen LogP contribution in [0.2, 0.25) is 5.02 Å². The topological polar surface area (TPSA) is 63.6 Å². The molecule has 7 heteroatoms. The van der Waals surface area contributed by atoms with E-state index in [1.54, 1.807) is 25.3 Å². The predicted molar refractivity (Wildman–Crippen MR) is 82.5 cm³/mol. The number of hydrogen-bond donors (Lipinski definition) is 1. The Labute approximate surface area is 131 Å². The molecule has 1 aromatic carbocycles. The molecule has 22 heavy (non-hydrogen) atoms. The molecular formula is C15H11ClFN5.